The molecule has 3 rings (SSSR count). The van der Waals surface area contributed by atoms with E-state index in [4.69, 9.17) is 0 Å². The number of aromatic nitrogens is 3. The summed E-state index contributed by atoms with van der Waals surface area (Å²) in [6.07, 6.45) is 5.84. The highest BCUT2D eigenvalue weighted by molar-refractivity contribution is 7.99. The van der Waals surface area contributed by atoms with Crippen molar-refractivity contribution in [1.29, 1.82) is 0 Å². The normalized spacial score (nSPS) is 15.3. The van der Waals surface area contributed by atoms with Crippen LogP contribution in [0.25, 0.3) is 0 Å². The summed E-state index contributed by atoms with van der Waals surface area (Å²) in [6.45, 7) is 0.682. The second-order valence-electron chi connectivity index (χ2n) is 5.45. The van der Waals surface area contributed by atoms with Crippen molar-refractivity contribution in [3.63, 3.8) is 0 Å². The maximum atomic E-state index is 11.8. The predicted octanol–water partition coefficient (Wildman–Crippen LogP) is 2.97. The van der Waals surface area contributed by atoms with E-state index in [1.165, 1.54) is 42.3 Å². The Balaban J connectivity index is 1.37. The summed E-state index contributed by atoms with van der Waals surface area (Å²) >= 11 is 3.11. The molecule has 1 saturated carbocycles. The first-order chi connectivity index (χ1) is 10.8. The van der Waals surface area contributed by atoms with Crippen LogP contribution in [-0.2, 0) is 11.2 Å². The maximum Gasteiger partial charge on any atom is 0.230 e. The molecule has 0 bridgehead atoms. The number of hydrogen-bond donors (Lipinski definition) is 2. The molecule has 118 valence electrons. The van der Waals surface area contributed by atoms with Crippen molar-refractivity contribution in [2.75, 3.05) is 12.3 Å². The van der Waals surface area contributed by atoms with E-state index in [9.17, 15) is 4.79 Å². The van der Waals surface area contributed by atoms with Gasteiger partial charge < -0.3 is 5.32 Å². The van der Waals surface area contributed by atoms with Gasteiger partial charge in [-0.15, -0.1) is 16.4 Å². The fourth-order valence-electron chi connectivity index (χ4n) is 2.67. The molecule has 0 saturated heterocycles. The van der Waals surface area contributed by atoms with Crippen LogP contribution in [0, 0.1) is 0 Å². The number of nitrogens with zero attached hydrogens (tertiary/aromatic N) is 2. The lowest BCUT2D eigenvalue weighted by atomic mass is 10.1. The Labute approximate surface area is 138 Å². The zero-order chi connectivity index (χ0) is 15.2. The number of H-pyrrole nitrogens is 1. The minimum Gasteiger partial charge on any atom is -0.355 e. The fourth-order valence-corrected chi connectivity index (χ4v) is 4.01. The monoisotopic (exact) mass is 336 g/mol. The summed E-state index contributed by atoms with van der Waals surface area (Å²) in [6, 6.07) is 4.12. The number of amides is 1. The van der Waals surface area contributed by atoms with Crippen LogP contribution in [0.2, 0.25) is 0 Å². The Morgan fingerprint density at radius 2 is 2.32 bits per heavy atom. The zero-order valence-corrected chi connectivity index (χ0v) is 14.0. The molecule has 7 heteroatoms. The van der Waals surface area contributed by atoms with Crippen LogP contribution < -0.4 is 5.32 Å². The number of nitrogens with one attached hydrogen (secondary N) is 2. The van der Waals surface area contributed by atoms with Gasteiger partial charge in [-0.1, -0.05) is 30.7 Å². The molecule has 0 aromatic carbocycles. The summed E-state index contributed by atoms with van der Waals surface area (Å²) in [5.41, 5.74) is 0. The van der Waals surface area contributed by atoms with Gasteiger partial charge in [0.25, 0.3) is 0 Å². The molecule has 2 aromatic rings. The van der Waals surface area contributed by atoms with Gasteiger partial charge in [-0.2, -0.15) is 0 Å². The molecule has 0 aliphatic heterocycles. The summed E-state index contributed by atoms with van der Waals surface area (Å²) < 4.78 is 0. The van der Waals surface area contributed by atoms with Gasteiger partial charge in [0.1, 0.15) is 5.82 Å². The van der Waals surface area contributed by atoms with Gasteiger partial charge in [-0.25, -0.2) is 4.98 Å². The standard InChI is InChI=1S/C15H20N4OS2/c20-13(16-8-7-12-6-3-9-21-12)10-22-15-17-14(18-19-15)11-4-1-2-5-11/h3,6,9,11H,1-2,4-5,7-8,10H2,(H,16,20)(H,17,18,19). The molecule has 0 unspecified atom stereocenters. The number of hydrogen-bond acceptors (Lipinski definition) is 5. The SMILES string of the molecule is O=C(CSc1n[nH]c(C2CCCC2)n1)NCCc1cccs1. The molecule has 1 fully saturated rings. The number of aromatic amines is 1. The molecule has 2 N–H and O–H groups in total. The first kappa shape index (κ1) is 15.6. The Hall–Kier alpha value is -1.34. The van der Waals surface area contributed by atoms with Crippen molar-refractivity contribution in [1.82, 2.24) is 20.5 Å². The van der Waals surface area contributed by atoms with Gasteiger partial charge in [0, 0.05) is 17.3 Å². The van der Waals surface area contributed by atoms with E-state index in [0.717, 1.165) is 12.2 Å². The van der Waals surface area contributed by atoms with Crippen LogP contribution in [-0.4, -0.2) is 33.4 Å². The number of thiophene rings is 1. The summed E-state index contributed by atoms with van der Waals surface area (Å²) in [4.78, 5) is 17.6. The molecule has 0 radical (unpaired) electrons. The highest BCUT2D eigenvalue weighted by atomic mass is 32.2. The zero-order valence-electron chi connectivity index (χ0n) is 12.4. The fraction of sp³-hybridized carbons (Fsp3) is 0.533. The minimum absolute atomic E-state index is 0.0359. The third kappa shape index (κ3) is 4.33. The number of thioether (sulfide) groups is 1. The Bertz CT molecular complexity index is 590. The van der Waals surface area contributed by atoms with E-state index < -0.39 is 0 Å². The van der Waals surface area contributed by atoms with Crippen LogP contribution in [0.3, 0.4) is 0 Å². The first-order valence-corrected chi connectivity index (χ1v) is 9.52. The molecule has 1 aliphatic carbocycles. The summed E-state index contributed by atoms with van der Waals surface area (Å²) in [7, 11) is 0. The van der Waals surface area contributed by atoms with E-state index in [0.29, 0.717) is 23.4 Å². The number of carbonyl (C=O) groups excluding carboxylic acids is 1. The number of carbonyl (C=O) groups is 1. The van der Waals surface area contributed by atoms with Gasteiger partial charge in [-0.05, 0) is 30.7 Å². The van der Waals surface area contributed by atoms with Crippen LogP contribution in [0.5, 0.6) is 0 Å². The van der Waals surface area contributed by atoms with Crippen LogP contribution in [0.4, 0.5) is 0 Å². The van der Waals surface area contributed by atoms with Crippen molar-refractivity contribution >= 4 is 29.0 Å². The van der Waals surface area contributed by atoms with E-state index in [1.54, 1.807) is 11.3 Å². The Morgan fingerprint density at radius 1 is 1.45 bits per heavy atom. The molecular formula is C15H20N4OS2. The van der Waals surface area contributed by atoms with Gasteiger partial charge in [-0.3, -0.25) is 9.89 Å². The van der Waals surface area contributed by atoms with Gasteiger partial charge in [0.15, 0.2) is 0 Å². The average molecular weight is 336 g/mol. The Kier molecular flexibility index (Phi) is 5.50. The lowest BCUT2D eigenvalue weighted by Gasteiger charge is -2.03. The average Bonchev–Trinajstić information content (AvgIpc) is 3.26. The van der Waals surface area contributed by atoms with Crippen LogP contribution in [0.1, 0.15) is 42.3 Å². The van der Waals surface area contributed by atoms with Crippen molar-refractivity contribution in [3.8, 4) is 0 Å². The molecular weight excluding hydrogens is 316 g/mol. The third-order valence-electron chi connectivity index (χ3n) is 3.83. The van der Waals surface area contributed by atoms with Crippen molar-refractivity contribution in [2.24, 2.45) is 0 Å². The van der Waals surface area contributed by atoms with E-state index in [2.05, 4.69) is 31.9 Å². The van der Waals surface area contributed by atoms with E-state index in [1.807, 2.05) is 6.07 Å². The largest absolute Gasteiger partial charge is 0.355 e. The highest BCUT2D eigenvalue weighted by Gasteiger charge is 2.20. The van der Waals surface area contributed by atoms with Crippen molar-refractivity contribution in [3.05, 3.63) is 28.2 Å². The molecule has 1 amide bonds. The molecule has 5 nitrogen and oxygen atoms in total. The lowest BCUT2D eigenvalue weighted by molar-refractivity contribution is -0.118. The van der Waals surface area contributed by atoms with Crippen LogP contribution in [0.15, 0.2) is 22.7 Å². The topological polar surface area (TPSA) is 70.7 Å². The van der Waals surface area contributed by atoms with Crippen LogP contribution >= 0.6 is 23.1 Å². The summed E-state index contributed by atoms with van der Waals surface area (Å²) in [5, 5.41) is 12.9. The number of rotatable bonds is 7. The van der Waals surface area contributed by atoms with Gasteiger partial charge >= 0.3 is 0 Å². The second-order valence-corrected chi connectivity index (χ2v) is 7.43. The first-order valence-electron chi connectivity index (χ1n) is 7.65. The quantitative estimate of drug-likeness (QED) is 0.763. The molecule has 0 spiro atoms. The molecule has 22 heavy (non-hydrogen) atoms. The highest BCUT2D eigenvalue weighted by Crippen LogP contribution is 2.32. The molecule has 1 aliphatic rings. The van der Waals surface area contributed by atoms with Crippen molar-refractivity contribution in [2.45, 2.75) is 43.2 Å². The maximum absolute atomic E-state index is 11.8. The predicted molar refractivity (Wildman–Crippen MR) is 89.3 cm³/mol. The second kappa shape index (κ2) is 7.78. The molecule has 2 heterocycles. The van der Waals surface area contributed by atoms with Gasteiger partial charge in [0.2, 0.25) is 11.1 Å². The lowest BCUT2D eigenvalue weighted by Crippen LogP contribution is -2.27. The molecule has 2 aromatic heterocycles. The minimum atomic E-state index is 0.0359. The third-order valence-corrected chi connectivity index (χ3v) is 5.61. The van der Waals surface area contributed by atoms with Gasteiger partial charge in [0.05, 0.1) is 5.75 Å². The van der Waals surface area contributed by atoms with Crippen molar-refractivity contribution < 1.29 is 4.79 Å². The van der Waals surface area contributed by atoms with E-state index in [-0.39, 0.29) is 5.91 Å². The van der Waals surface area contributed by atoms with E-state index >= 15 is 0 Å². The summed E-state index contributed by atoms with van der Waals surface area (Å²) in [5.74, 6) is 1.92. The molecule has 0 atom stereocenters. The smallest absolute Gasteiger partial charge is 0.230 e. The Morgan fingerprint density at radius 3 is 3.09 bits per heavy atom.